The van der Waals surface area contributed by atoms with Gasteiger partial charge >= 0.3 is 0 Å². The third-order valence-electron chi connectivity index (χ3n) is 17.7. The SMILES string of the molecule is c1ccc([Si](c2ccccc2)(c2ccccc2)c2ccc(-n3c4ccccc4c4cccc(-n5c6ccccc6c6ccc(-n7c8ccccc8c8ccc([Si](c9ccccc9)(c9ccccc9)c9ccccc9)cc87)cc65)c43)cc2)cc1. The maximum Gasteiger partial charge on any atom is 0.179 e. The van der Waals surface area contributed by atoms with Crippen LogP contribution < -0.4 is 41.5 Å². The van der Waals surface area contributed by atoms with E-state index < -0.39 is 16.1 Å². The Balaban J connectivity index is 0.931. The van der Waals surface area contributed by atoms with Crippen LogP contribution in [0.2, 0.25) is 0 Å². The Morgan fingerprint density at radius 1 is 0.181 bits per heavy atom. The van der Waals surface area contributed by atoms with Crippen molar-refractivity contribution in [2.45, 2.75) is 0 Å². The van der Waals surface area contributed by atoms with Gasteiger partial charge in [-0.1, -0.05) is 279 Å². The van der Waals surface area contributed by atoms with Crippen LogP contribution in [0, 0.1) is 0 Å². The van der Waals surface area contributed by atoms with Crippen molar-refractivity contribution >= 4 is 123 Å². The van der Waals surface area contributed by atoms with E-state index in [0.717, 1.165) is 33.6 Å². The van der Waals surface area contributed by atoms with Gasteiger partial charge in [0.25, 0.3) is 0 Å². The highest BCUT2D eigenvalue weighted by atomic mass is 28.3. The fraction of sp³-hybridized carbons (Fsp3) is 0. The zero-order valence-electron chi connectivity index (χ0n) is 45.6. The molecule has 0 saturated carbocycles. The van der Waals surface area contributed by atoms with Gasteiger partial charge in [-0.15, -0.1) is 0 Å². The number of para-hydroxylation sites is 4. The summed E-state index contributed by atoms with van der Waals surface area (Å²) in [5.41, 5.74) is 10.4. The van der Waals surface area contributed by atoms with Crippen molar-refractivity contribution in [2.24, 2.45) is 0 Å². The van der Waals surface area contributed by atoms with Crippen molar-refractivity contribution in [3.05, 3.63) is 334 Å². The lowest BCUT2D eigenvalue weighted by Gasteiger charge is -2.34. The Kier molecular flexibility index (Phi) is 11.6. The first-order valence-corrected chi connectivity index (χ1v) is 32.8. The summed E-state index contributed by atoms with van der Waals surface area (Å²) in [5.74, 6) is 0. The van der Waals surface area contributed by atoms with E-state index in [1.807, 2.05) is 0 Å². The van der Waals surface area contributed by atoms with Gasteiger partial charge in [-0.3, -0.25) is 0 Å². The van der Waals surface area contributed by atoms with E-state index in [9.17, 15) is 0 Å². The maximum absolute atomic E-state index is 2.86. The van der Waals surface area contributed by atoms with E-state index in [1.54, 1.807) is 0 Å². The Morgan fingerprint density at radius 3 is 0.964 bits per heavy atom. The summed E-state index contributed by atoms with van der Waals surface area (Å²) in [7, 11) is -5.63. The van der Waals surface area contributed by atoms with E-state index >= 15 is 0 Å². The largest absolute Gasteiger partial charge is 0.309 e. The van der Waals surface area contributed by atoms with Gasteiger partial charge in [0.1, 0.15) is 0 Å². The molecular weight excluding hydrogens is 1040 g/mol. The number of benzene rings is 13. The molecule has 0 N–H and O–H groups in total. The molecule has 0 saturated heterocycles. The zero-order valence-corrected chi connectivity index (χ0v) is 47.6. The lowest BCUT2D eigenvalue weighted by molar-refractivity contribution is 1.13. The fourth-order valence-corrected chi connectivity index (χ4v) is 23.8. The summed E-state index contributed by atoms with van der Waals surface area (Å²) in [4.78, 5) is 0. The minimum absolute atomic E-state index is 1.11. The third-order valence-corrected chi connectivity index (χ3v) is 27.3. The molecule has 0 bridgehead atoms. The van der Waals surface area contributed by atoms with E-state index in [1.165, 1.54) is 90.4 Å². The molecule has 5 heteroatoms. The Hall–Kier alpha value is -10.3. The first kappa shape index (κ1) is 48.6. The molecule has 83 heavy (non-hydrogen) atoms. The first-order chi connectivity index (χ1) is 41.2. The molecule has 0 amide bonds. The van der Waals surface area contributed by atoms with Crippen molar-refractivity contribution in [2.75, 3.05) is 0 Å². The summed E-state index contributed by atoms with van der Waals surface area (Å²) < 4.78 is 7.58. The summed E-state index contributed by atoms with van der Waals surface area (Å²) in [6.07, 6.45) is 0. The van der Waals surface area contributed by atoms with Crippen molar-refractivity contribution < 1.29 is 0 Å². The third kappa shape index (κ3) is 7.42. The van der Waals surface area contributed by atoms with Crippen LogP contribution in [0.3, 0.4) is 0 Å². The average molecular weight is 1090 g/mol. The smallest absolute Gasteiger partial charge is 0.179 e. The number of fused-ring (bicyclic) bond motifs is 9. The summed E-state index contributed by atoms with van der Waals surface area (Å²) in [6.45, 7) is 0. The summed E-state index contributed by atoms with van der Waals surface area (Å²) in [6, 6.07) is 125. The van der Waals surface area contributed by atoms with Crippen LogP contribution in [0.1, 0.15) is 0 Å². The number of aromatic nitrogens is 3. The molecular formula is C78H55N3Si2. The molecule has 16 rings (SSSR count). The number of hydrogen-bond donors (Lipinski definition) is 0. The number of nitrogens with zero attached hydrogens (tertiary/aromatic N) is 3. The molecule has 0 aliphatic carbocycles. The second kappa shape index (κ2) is 19.7. The van der Waals surface area contributed by atoms with Crippen LogP contribution in [0.5, 0.6) is 0 Å². The Bertz CT molecular complexity index is 4860. The van der Waals surface area contributed by atoms with Crippen molar-refractivity contribution in [3.8, 4) is 17.1 Å². The number of hydrogen-bond acceptors (Lipinski definition) is 0. The van der Waals surface area contributed by atoms with Crippen molar-refractivity contribution in [1.29, 1.82) is 0 Å². The van der Waals surface area contributed by atoms with Gasteiger partial charge in [-0.2, -0.15) is 0 Å². The molecule has 3 aromatic heterocycles. The van der Waals surface area contributed by atoms with Crippen molar-refractivity contribution in [1.82, 2.24) is 13.7 Å². The lowest BCUT2D eigenvalue weighted by atomic mass is 10.1. The molecule has 0 spiro atoms. The van der Waals surface area contributed by atoms with Gasteiger partial charge in [0.2, 0.25) is 0 Å². The Labute approximate surface area is 484 Å². The highest BCUT2D eigenvalue weighted by molar-refractivity contribution is 7.20. The predicted octanol–water partition coefficient (Wildman–Crippen LogP) is 13.7. The van der Waals surface area contributed by atoms with Gasteiger partial charge in [0, 0.05) is 43.7 Å². The second-order valence-corrected chi connectivity index (χ2v) is 29.5. The van der Waals surface area contributed by atoms with Gasteiger partial charge in [0.05, 0.1) is 38.8 Å². The molecule has 0 aliphatic heterocycles. The van der Waals surface area contributed by atoms with E-state index in [4.69, 9.17) is 0 Å². The molecule has 13 aromatic carbocycles. The van der Waals surface area contributed by atoms with E-state index in [-0.39, 0.29) is 0 Å². The van der Waals surface area contributed by atoms with Crippen LogP contribution in [0.15, 0.2) is 334 Å². The van der Waals surface area contributed by atoms with Crippen LogP contribution in [-0.2, 0) is 0 Å². The zero-order chi connectivity index (χ0) is 54.9. The monoisotopic (exact) mass is 1090 g/mol. The molecule has 0 fully saturated rings. The van der Waals surface area contributed by atoms with E-state index in [0.29, 0.717) is 0 Å². The highest BCUT2D eigenvalue weighted by Gasteiger charge is 2.43. The lowest BCUT2D eigenvalue weighted by Crippen LogP contribution is -2.74. The van der Waals surface area contributed by atoms with Gasteiger partial charge in [-0.25, -0.2) is 0 Å². The van der Waals surface area contributed by atoms with Gasteiger partial charge in [0.15, 0.2) is 16.1 Å². The molecule has 0 radical (unpaired) electrons. The van der Waals surface area contributed by atoms with Crippen molar-refractivity contribution in [3.63, 3.8) is 0 Å². The van der Waals surface area contributed by atoms with Crippen LogP contribution in [-0.4, -0.2) is 29.8 Å². The Morgan fingerprint density at radius 2 is 0.494 bits per heavy atom. The molecule has 390 valence electrons. The maximum atomic E-state index is 2.54. The van der Waals surface area contributed by atoms with E-state index in [2.05, 4.69) is 347 Å². The summed E-state index contributed by atoms with van der Waals surface area (Å²) in [5, 5.41) is 18.2. The second-order valence-electron chi connectivity index (χ2n) is 21.9. The topological polar surface area (TPSA) is 14.8 Å². The normalized spacial score (nSPS) is 12.1. The average Bonchev–Trinajstić information content (AvgIpc) is 3.82. The molecule has 0 unspecified atom stereocenters. The van der Waals surface area contributed by atoms with Crippen LogP contribution in [0.4, 0.5) is 0 Å². The molecule has 0 atom stereocenters. The highest BCUT2D eigenvalue weighted by Crippen LogP contribution is 2.41. The molecule has 3 nitrogen and oxygen atoms in total. The minimum Gasteiger partial charge on any atom is -0.309 e. The standard InChI is InChI=1S/C78H55N3Si2/c1-7-26-58(27-8-1)82(59-28-9-2-10-29-59,60-30-11-3-12-31-60)64-49-46-56(47-50-64)80-73-43-23-21-40-68(73)71-41-25-45-75(78(71)80)81-74-44-24-20-39-67(74)69-52-48-57(54-76(69)81)79-72-42-22-19-38-66(72)70-53-51-65(55-77(70)79)83(61-32-13-4-14-33-61,62-34-15-5-16-35-62)63-36-17-6-18-37-63/h1-55H. The van der Waals surface area contributed by atoms with Gasteiger partial charge in [-0.05, 0) is 96.1 Å². The van der Waals surface area contributed by atoms with Gasteiger partial charge < -0.3 is 13.7 Å². The molecule has 16 aromatic rings. The quantitative estimate of drug-likeness (QED) is 0.0906. The summed E-state index contributed by atoms with van der Waals surface area (Å²) >= 11 is 0. The van der Waals surface area contributed by atoms with Crippen LogP contribution >= 0.6 is 0 Å². The molecule has 0 aliphatic rings. The molecule has 3 heterocycles. The predicted molar refractivity (Wildman–Crippen MR) is 357 cm³/mol. The first-order valence-electron chi connectivity index (χ1n) is 28.8. The van der Waals surface area contributed by atoms with Crippen LogP contribution in [0.25, 0.3) is 82.5 Å². The minimum atomic E-state index is -2.86. The number of rotatable bonds is 11. The fourth-order valence-electron chi connectivity index (χ4n) is 14.3.